The van der Waals surface area contributed by atoms with Gasteiger partial charge in [0.1, 0.15) is 5.69 Å². The Labute approximate surface area is 153 Å². The van der Waals surface area contributed by atoms with Crippen LogP contribution >= 0.6 is 11.6 Å². The Morgan fingerprint density at radius 2 is 1.92 bits per heavy atom. The fourth-order valence-electron chi connectivity index (χ4n) is 2.84. The Kier molecular flexibility index (Phi) is 5.51. The van der Waals surface area contributed by atoms with Crippen LogP contribution in [0.15, 0.2) is 53.2 Å². The number of benzene rings is 1. The largest absolute Gasteiger partial charge is 0.359 e. The molecule has 2 heterocycles. The van der Waals surface area contributed by atoms with Gasteiger partial charge in [0, 0.05) is 22.8 Å². The summed E-state index contributed by atoms with van der Waals surface area (Å²) >= 11 is 5.93. The molecule has 3 rings (SSSR count). The highest BCUT2D eigenvalue weighted by Crippen LogP contribution is 2.24. The van der Waals surface area contributed by atoms with Crippen LogP contribution in [-0.2, 0) is 6.54 Å². The van der Waals surface area contributed by atoms with E-state index in [1.807, 2.05) is 42.6 Å². The lowest BCUT2D eigenvalue weighted by atomic mass is 9.97. The van der Waals surface area contributed by atoms with Crippen molar-refractivity contribution in [2.75, 3.05) is 0 Å². The van der Waals surface area contributed by atoms with Crippen LogP contribution in [0.2, 0.25) is 5.02 Å². The molecule has 1 N–H and O–H groups in total. The van der Waals surface area contributed by atoms with Gasteiger partial charge in [-0.1, -0.05) is 48.8 Å². The van der Waals surface area contributed by atoms with E-state index in [9.17, 15) is 0 Å². The minimum absolute atomic E-state index is 0.158. The Hall–Kier alpha value is -2.17. The molecule has 0 amide bonds. The highest BCUT2D eigenvalue weighted by molar-refractivity contribution is 6.30. The number of nitrogens with one attached hydrogen (secondary N) is 1. The van der Waals surface area contributed by atoms with Gasteiger partial charge in [0.15, 0.2) is 5.76 Å². The molecule has 1 unspecified atom stereocenters. The van der Waals surface area contributed by atoms with Crippen molar-refractivity contribution < 1.29 is 4.52 Å². The first kappa shape index (κ1) is 17.6. The number of hydrogen-bond acceptors (Lipinski definition) is 4. The average Bonchev–Trinajstić information content (AvgIpc) is 3.06. The summed E-state index contributed by atoms with van der Waals surface area (Å²) in [7, 11) is 0. The van der Waals surface area contributed by atoms with Gasteiger partial charge in [-0.25, -0.2) is 0 Å². The summed E-state index contributed by atoms with van der Waals surface area (Å²) in [6, 6.07) is 13.7. The first-order valence-electron chi connectivity index (χ1n) is 8.41. The zero-order valence-electron chi connectivity index (χ0n) is 14.7. The number of halogens is 1. The summed E-state index contributed by atoms with van der Waals surface area (Å²) in [5, 5.41) is 8.41. The fourth-order valence-corrected chi connectivity index (χ4v) is 2.96. The predicted molar refractivity (Wildman–Crippen MR) is 100 cm³/mol. The van der Waals surface area contributed by atoms with E-state index >= 15 is 0 Å². The number of hydrogen-bond donors (Lipinski definition) is 1. The van der Waals surface area contributed by atoms with Crippen molar-refractivity contribution in [3.05, 3.63) is 70.7 Å². The molecule has 3 aromatic rings. The summed E-state index contributed by atoms with van der Waals surface area (Å²) in [6.45, 7) is 7.06. The Morgan fingerprint density at radius 1 is 1.16 bits per heavy atom. The normalized spacial score (nSPS) is 12.5. The van der Waals surface area contributed by atoms with Gasteiger partial charge in [-0.3, -0.25) is 4.98 Å². The molecule has 0 aliphatic rings. The predicted octanol–water partition coefficient (Wildman–Crippen LogP) is 5.19. The molecule has 1 atom stereocenters. The van der Waals surface area contributed by atoms with Crippen molar-refractivity contribution in [1.82, 2.24) is 15.5 Å². The van der Waals surface area contributed by atoms with E-state index in [0.717, 1.165) is 22.7 Å². The van der Waals surface area contributed by atoms with Crippen LogP contribution in [0.1, 0.15) is 36.9 Å². The van der Waals surface area contributed by atoms with Gasteiger partial charge in [0.2, 0.25) is 0 Å². The standard InChI is InChI=1S/C20H22ClN3O/c1-13(2)19(20-14(3)5-4-10-22-20)23-12-17-11-18(24-25-17)15-6-8-16(21)9-7-15/h4-11,13,19,23H,12H2,1-3H3. The molecule has 0 saturated carbocycles. The fraction of sp³-hybridized carbons (Fsp3) is 0.300. The molecular weight excluding hydrogens is 334 g/mol. The topological polar surface area (TPSA) is 51.0 Å². The van der Waals surface area contributed by atoms with Crippen molar-refractivity contribution in [2.45, 2.75) is 33.4 Å². The van der Waals surface area contributed by atoms with Crippen LogP contribution in [0.4, 0.5) is 0 Å². The molecule has 4 nitrogen and oxygen atoms in total. The number of aryl methyl sites for hydroxylation is 1. The summed E-state index contributed by atoms with van der Waals surface area (Å²) in [5.74, 6) is 1.21. The van der Waals surface area contributed by atoms with Crippen molar-refractivity contribution in [3.63, 3.8) is 0 Å². The van der Waals surface area contributed by atoms with E-state index in [2.05, 4.69) is 42.3 Å². The Balaban J connectivity index is 1.72. The van der Waals surface area contributed by atoms with E-state index in [0.29, 0.717) is 17.5 Å². The number of pyridine rings is 1. The quantitative estimate of drug-likeness (QED) is 0.661. The van der Waals surface area contributed by atoms with Crippen molar-refractivity contribution in [2.24, 2.45) is 5.92 Å². The SMILES string of the molecule is Cc1cccnc1C(NCc1cc(-c2ccc(Cl)cc2)no1)C(C)C. The van der Waals surface area contributed by atoms with Gasteiger partial charge in [-0.05, 0) is 36.6 Å². The van der Waals surface area contributed by atoms with Gasteiger partial charge in [-0.2, -0.15) is 0 Å². The first-order valence-corrected chi connectivity index (χ1v) is 8.79. The van der Waals surface area contributed by atoms with E-state index in [-0.39, 0.29) is 6.04 Å². The average molecular weight is 356 g/mol. The van der Waals surface area contributed by atoms with Crippen molar-refractivity contribution in [3.8, 4) is 11.3 Å². The number of rotatable bonds is 6. The van der Waals surface area contributed by atoms with E-state index in [1.165, 1.54) is 5.56 Å². The number of aromatic nitrogens is 2. The molecule has 0 aliphatic heterocycles. The van der Waals surface area contributed by atoms with Crippen LogP contribution < -0.4 is 5.32 Å². The lowest BCUT2D eigenvalue weighted by molar-refractivity contribution is 0.340. The summed E-state index contributed by atoms with van der Waals surface area (Å²) in [4.78, 5) is 4.55. The van der Waals surface area contributed by atoms with E-state index < -0.39 is 0 Å². The maximum atomic E-state index is 5.93. The highest BCUT2D eigenvalue weighted by atomic mass is 35.5. The first-order chi connectivity index (χ1) is 12.0. The molecule has 0 radical (unpaired) electrons. The minimum Gasteiger partial charge on any atom is -0.359 e. The molecule has 0 fully saturated rings. The zero-order valence-corrected chi connectivity index (χ0v) is 15.4. The van der Waals surface area contributed by atoms with Gasteiger partial charge in [-0.15, -0.1) is 0 Å². The second-order valence-corrected chi connectivity index (χ2v) is 6.93. The molecule has 2 aromatic heterocycles. The third kappa shape index (κ3) is 4.27. The monoisotopic (exact) mass is 355 g/mol. The maximum absolute atomic E-state index is 5.93. The van der Waals surface area contributed by atoms with Crippen molar-refractivity contribution >= 4 is 11.6 Å². The second kappa shape index (κ2) is 7.81. The lowest BCUT2D eigenvalue weighted by Gasteiger charge is -2.22. The second-order valence-electron chi connectivity index (χ2n) is 6.49. The summed E-state index contributed by atoms with van der Waals surface area (Å²) in [6.07, 6.45) is 1.84. The Morgan fingerprint density at radius 3 is 2.60 bits per heavy atom. The molecule has 0 saturated heterocycles. The number of nitrogens with zero attached hydrogens (tertiary/aromatic N) is 2. The zero-order chi connectivity index (χ0) is 17.8. The molecular formula is C20H22ClN3O. The van der Waals surface area contributed by atoms with Crippen LogP contribution in [-0.4, -0.2) is 10.1 Å². The smallest absolute Gasteiger partial charge is 0.151 e. The van der Waals surface area contributed by atoms with Crippen LogP contribution in [0.3, 0.4) is 0 Å². The molecule has 1 aromatic carbocycles. The lowest BCUT2D eigenvalue weighted by Crippen LogP contribution is -2.26. The summed E-state index contributed by atoms with van der Waals surface area (Å²) in [5.41, 5.74) is 4.06. The summed E-state index contributed by atoms with van der Waals surface area (Å²) < 4.78 is 5.48. The molecule has 0 bridgehead atoms. The van der Waals surface area contributed by atoms with E-state index in [1.54, 1.807) is 0 Å². The van der Waals surface area contributed by atoms with Gasteiger partial charge in [0.05, 0.1) is 18.3 Å². The third-order valence-electron chi connectivity index (χ3n) is 4.21. The molecule has 0 spiro atoms. The van der Waals surface area contributed by atoms with Crippen LogP contribution in [0.5, 0.6) is 0 Å². The minimum atomic E-state index is 0.158. The van der Waals surface area contributed by atoms with Gasteiger partial charge < -0.3 is 9.84 Å². The van der Waals surface area contributed by atoms with Gasteiger partial charge in [0.25, 0.3) is 0 Å². The molecule has 5 heteroatoms. The maximum Gasteiger partial charge on any atom is 0.151 e. The third-order valence-corrected chi connectivity index (χ3v) is 4.46. The van der Waals surface area contributed by atoms with Crippen LogP contribution in [0, 0.1) is 12.8 Å². The molecule has 0 aliphatic carbocycles. The Bertz CT molecular complexity index is 827. The van der Waals surface area contributed by atoms with Crippen molar-refractivity contribution in [1.29, 1.82) is 0 Å². The van der Waals surface area contributed by atoms with Crippen LogP contribution in [0.25, 0.3) is 11.3 Å². The molecule has 130 valence electrons. The highest BCUT2D eigenvalue weighted by Gasteiger charge is 2.19. The van der Waals surface area contributed by atoms with Gasteiger partial charge >= 0.3 is 0 Å². The molecule has 25 heavy (non-hydrogen) atoms. The van der Waals surface area contributed by atoms with E-state index in [4.69, 9.17) is 16.1 Å².